The molecule has 1 aliphatic rings. The van der Waals surface area contributed by atoms with Crippen LogP contribution >= 0.6 is 0 Å². The number of aromatic nitrogens is 6. The Hall–Kier alpha value is -3.42. The van der Waals surface area contributed by atoms with Gasteiger partial charge in [-0.2, -0.15) is 10.2 Å². The van der Waals surface area contributed by atoms with Gasteiger partial charge in [-0.15, -0.1) is 0 Å². The highest BCUT2D eigenvalue weighted by molar-refractivity contribution is 5.77. The van der Waals surface area contributed by atoms with Crippen molar-refractivity contribution < 1.29 is 0 Å². The van der Waals surface area contributed by atoms with Gasteiger partial charge in [0.2, 0.25) is 5.95 Å². The molecule has 4 aromatic rings. The molecule has 0 unspecified atom stereocenters. The van der Waals surface area contributed by atoms with Gasteiger partial charge >= 0.3 is 0 Å². The van der Waals surface area contributed by atoms with E-state index < -0.39 is 0 Å². The third-order valence-corrected chi connectivity index (χ3v) is 6.87. The number of rotatable bonds is 8. The van der Waals surface area contributed by atoms with Gasteiger partial charge in [0, 0.05) is 19.2 Å². The van der Waals surface area contributed by atoms with Gasteiger partial charge in [-0.25, -0.2) is 4.98 Å². The third-order valence-electron chi connectivity index (χ3n) is 6.87. The standard InChI is InChI=1S/C26H33N7O/c1-3-10-21-23-24(30-29-21)25(34)28-26(27-23)33(16-18-11-6-4-7-12-18)17-20-15-22(31-32(20)2)19-13-8-5-9-14-19/h5,8-9,13-15,18H,3-4,6-7,10-12,16-17H2,1-2H3,(H,29,30)(H,27,28,34). The van der Waals surface area contributed by atoms with Crippen LogP contribution in [-0.4, -0.2) is 36.5 Å². The number of fused-ring (bicyclic) bond motifs is 1. The van der Waals surface area contributed by atoms with Crippen LogP contribution < -0.4 is 10.5 Å². The van der Waals surface area contributed by atoms with E-state index in [0.717, 1.165) is 42.0 Å². The third kappa shape index (κ3) is 4.62. The largest absolute Gasteiger partial charge is 0.336 e. The Morgan fingerprint density at radius 3 is 2.71 bits per heavy atom. The van der Waals surface area contributed by atoms with Crippen LogP contribution in [0.25, 0.3) is 22.3 Å². The zero-order valence-corrected chi connectivity index (χ0v) is 20.0. The molecule has 1 aromatic carbocycles. The van der Waals surface area contributed by atoms with E-state index in [0.29, 0.717) is 29.4 Å². The molecule has 8 nitrogen and oxygen atoms in total. The number of aryl methyl sites for hydroxylation is 2. The molecule has 3 aromatic heterocycles. The van der Waals surface area contributed by atoms with E-state index in [2.05, 4.69) is 45.2 Å². The lowest BCUT2D eigenvalue weighted by Crippen LogP contribution is -2.33. The van der Waals surface area contributed by atoms with E-state index in [-0.39, 0.29) is 5.56 Å². The summed E-state index contributed by atoms with van der Waals surface area (Å²) >= 11 is 0. The highest BCUT2D eigenvalue weighted by Gasteiger charge is 2.22. The van der Waals surface area contributed by atoms with Crippen LogP contribution in [0.5, 0.6) is 0 Å². The van der Waals surface area contributed by atoms with Crippen LogP contribution in [0.4, 0.5) is 5.95 Å². The number of aromatic amines is 2. The number of nitrogens with zero attached hydrogens (tertiary/aromatic N) is 5. The van der Waals surface area contributed by atoms with Crippen LogP contribution in [0.15, 0.2) is 41.2 Å². The lowest BCUT2D eigenvalue weighted by molar-refractivity contribution is 0.355. The first-order valence-electron chi connectivity index (χ1n) is 12.4. The summed E-state index contributed by atoms with van der Waals surface area (Å²) in [5, 5.41) is 12.0. The van der Waals surface area contributed by atoms with Gasteiger partial charge in [0.1, 0.15) is 11.0 Å². The first kappa shape index (κ1) is 22.4. The first-order valence-corrected chi connectivity index (χ1v) is 12.4. The summed E-state index contributed by atoms with van der Waals surface area (Å²) in [7, 11) is 1.98. The molecule has 1 aliphatic carbocycles. The molecule has 0 amide bonds. The van der Waals surface area contributed by atoms with Crippen molar-refractivity contribution in [1.82, 2.24) is 29.9 Å². The van der Waals surface area contributed by atoms with E-state index in [1.54, 1.807) is 0 Å². The lowest BCUT2D eigenvalue weighted by atomic mass is 9.89. The van der Waals surface area contributed by atoms with E-state index in [1.807, 2.05) is 29.9 Å². The number of H-pyrrole nitrogens is 2. The Bertz CT molecular complexity index is 1300. The number of benzene rings is 1. The van der Waals surface area contributed by atoms with E-state index in [9.17, 15) is 4.79 Å². The fourth-order valence-electron chi connectivity index (χ4n) is 5.02. The Labute approximate surface area is 199 Å². The molecule has 0 aliphatic heterocycles. The Morgan fingerprint density at radius 1 is 1.15 bits per heavy atom. The number of nitrogens with one attached hydrogen (secondary N) is 2. The molecule has 34 heavy (non-hydrogen) atoms. The maximum atomic E-state index is 12.9. The molecule has 0 radical (unpaired) electrons. The predicted octanol–water partition coefficient (Wildman–Crippen LogP) is 4.59. The molecule has 0 bridgehead atoms. The lowest BCUT2D eigenvalue weighted by Gasteiger charge is -2.30. The van der Waals surface area contributed by atoms with Crippen molar-refractivity contribution in [3.8, 4) is 11.3 Å². The van der Waals surface area contributed by atoms with Crippen LogP contribution in [0, 0.1) is 5.92 Å². The van der Waals surface area contributed by atoms with Gasteiger partial charge in [-0.05, 0) is 31.2 Å². The second-order valence-electron chi connectivity index (χ2n) is 9.43. The van der Waals surface area contributed by atoms with Crippen LogP contribution in [0.1, 0.15) is 56.8 Å². The summed E-state index contributed by atoms with van der Waals surface area (Å²) in [6.45, 7) is 3.60. The molecule has 0 saturated heterocycles. The Morgan fingerprint density at radius 2 is 1.94 bits per heavy atom. The minimum absolute atomic E-state index is 0.168. The average molecular weight is 460 g/mol. The molecule has 3 heterocycles. The highest BCUT2D eigenvalue weighted by Crippen LogP contribution is 2.27. The number of anilines is 1. The monoisotopic (exact) mass is 459 g/mol. The first-order chi connectivity index (χ1) is 16.6. The molecule has 1 saturated carbocycles. The molecule has 2 N–H and O–H groups in total. The summed E-state index contributed by atoms with van der Waals surface area (Å²) < 4.78 is 1.94. The smallest absolute Gasteiger partial charge is 0.278 e. The van der Waals surface area contributed by atoms with Crippen molar-refractivity contribution >= 4 is 17.0 Å². The van der Waals surface area contributed by atoms with E-state index in [1.165, 1.54) is 32.1 Å². The van der Waals surface area contributed by atoms with Crippen molar-refractivity contribution in [3.05, 3.63) is 58.1 Å². The van der Waals surface area contributed by atoms with Crippen LogP contribution in [0.2, 0.25) is 0 Å². The fraction of sp³-hybridized carbons (Fsp3) is 0.462. The van der Waals surface area contributed by atoms with Crippen LogP contribution in [0.3, 0.4) is 0 Å². The van der Waals surface area contributed by atoms with E-state index in [4.69, 9.17) is 10.1 Å². The molecular formula is C26H33N7O. The topological polar surface area (TPSA) is 95.5 Å². The summed E-state index contributed by atoms with van der Waals surface area (Å²) in [6.07, 6.45) is 8.04. The van der Waals surface area contributed by atoms with Crippen molar-refractivity contribution in [2.24, 2.45) is 13.0 Å². The van der Waals surface area contributed by atoms with Gasteiger partial charge in [-0.1, -0.05) is 62.9 Å². The maximum Gasteiger partial charge on any atom is 0.278 e. The van der Waals surface area contributed by atoms with E-state index >= 15 is 0 Å². The normalized spacial score (nSPS) is 14.6. The van der Waals surface area contributed by atoms with Crippen molar-refractivity contribution in [3.63, 3.8) is 0 Å². The van der Waals surface area contributed by atoms with Gasteiger partial charge in [-0.3, -0.25) is 19.6 Å². The molecule has 178 valence electrons. The Kier molecular flexibility index (Phi) is 6.47. The second kappa shape index (κ2) is 9.83. The molecule has 5 rings (SSSR count). The molecule has 1 fully saturated rings. The minimum atomic E-state index is -0.168. The van der Waals surface area contributed by atoms with Gasteiger partial charge in [0.05, 0.1) is 23.6 Å². The number of hydrogen-bond acceptors (Lipinski definition) is 5. The minimum Gasteiger partial charge on any atom is -0.336 e. The quantitative estimate of drug-likeness (QED) is 0.402. The molecular weight excluding hydrogens is 426 g/mol. The molecule has 0 atom stereocenters. The maximum absolute atomic E-state index is 12.9. The zero-order chi connectivity index (χ0) is 23.5. The fourth-order valence-corrected chi connectivity index (χ4v) is 5.02. The summed E-state index contributed by atoms with van der Waals surface area (Å²) in [5.41, 5.74) is 4.96. The zero-order valence-electron chi connectivity index (χ0n) is 20.0. The van der Waals surface area contributed by atoms with Gasteiger partial charge in [0.15, 0.2) is 0 Å². The number of hydrogen-bond donors (Lipinski definition) is 2. The predicted molar refractivity (Wildman–Crippen MR) is 135 cm³/mol. The van der Waals surface area contributed by atoms with Crippen molar-refractivity contribution in [1.29, 1.82) is 0 Å². The highest BCUT2D eigenvalue weighted by atomic mass is 16.1. The molecule has 0 spiro atoms. The summed E-state index contributed by atoms with van der Waals surface area (Å²) in [6, 6.07) is 12.4. The molecule has 8 heteroatoms. The Balaban J connectivity index is 1.51. The van der Waals surface area contributed by atoms with Gasteiger partial charge < -0.3 is 4.90 Å². The van der Waals surface area contributed by atoms with Gasteiger partial charge in [0.25, 0.3) is 5.56 Å². The summed E-state index contributed by atoms with van der Waals surface area (Å²) in [5.74, 6) is 1.21. The van der Waals surface area contributed by atoms with Crippen molar-refractivity contribution in [2.45, 2.75) is 58.4 Å². The van der Waals surface area contributed by atoms with Crippen LogP contribution in [-0.2, 0) is 20.0 Å². The SMILES string of the molecule is CCCc1n[nH]c2c(=O)[nH]c(N(Cc3cc(-c4ccccc4)nn3C)CC3CCCCC3)nc12. The average Bonchev–Trinajstić information content (AvgIpc) is 3.44. The summed E-state index contributed by atoms with van der Waals surface area (Å²) in [4.78, 5) is 23.1. The van der Waals surface area contributed by atoms with Crippen molar-refractivity contribution in [2.75, 3.05) is 11.4 Å². The second-order valence-corrected chi connectivity index (χ2v) is 9.43.